The van der Waals surface area contributed by atoms with E-state index in [2.05, 4.69) is 10.3 Å². The van der Waals surface area contributed by atoms with Crippen molar-refractivity contribution in [3.05, 3.63) is 91.2 Å². The number of fused-ring (bicyclic) bond motifs is 3. The third-order valence-corrected chi connectivity index (χ3v) is 5.95. The van der Waals surface area contributed by atoms with Crippen molar-refractivity contribution in [1.82, 2.24) is 19.4 Å². The molecule has 0 radical (unpaired) electrons. The molecule has 1 aliphatic rings. The van der Waals surface area contributed by atoms with E-state index in [9.17, 15) is 14.7 Å². The van der Waals surface area contributed by atoms with E-state index in [1.807, 2.05) is 24.3 Å². The molecule has 2 aromatic carbocycles. The standard InChI is InChI=1S/C22H19ClN4O3/c1-26-20(28)17(21(29)27(22(26)30)13-8-6-12(23)7-9-13)19-18-15(10-11-24-19)14-4-2-3-5-16(14)25-18/h2-9,19,24-25,28H,10-11H2,1H3/t19-/m1/s1. The molecule has 0 spiro atoms. The summed E-state index contributed by atoms with van der Waals surface area (Å²) in [5.41, 5.74) is 2.23. The molecule has 2 aromatic heterocycles. The summed E-state index contributed by atoms with van der Waals surface area (Å²) < 4.78 is 2.15. The molecule has 152 valence electrons. The number of rotatable bonds is 2. The number of hydrogen-bond donors (Lipinski definition) is 3. The highest BCUT2D eigenvalue weighted by Crippen LogP contribution is 2.34. The van der Waals surface area contributed by atoms with Crippen LogP contribution in [0.15, 0.2) is 58.1 Å². The molecule has 1 atom stereocenters. The van der Waals surface area contributed by atoms with Crippen LogP contribution in [0.5, 0.6) is 5.88 Å². The molecule has 0 fully saturated rings. The van der Waals surface area contributed by atoms with Crippen LogP contribution in [-0.2, 0) is 13.5 Å². The molecular formula is C22H19ClN4O3. The van der Waals surface area contributed by atoms with Crippen molar-refractivity contribution in [3.8, 4) is 11.6 Å². The Morgan fingerprint density at radius 2 is 1.83 bits per heavy atom. The second kappa shape index (κ2) is 6.90. The Morgan fingerprint density at radius 1 is 1.10 bits per heavy atom. The molecule has 0 aliphatic carbocycles. The van der Waals surface area contributed by atoms with Gasteiger partial charge in [-0.05, 0) is 42.3 Å². The molecule has 3 heterocycles. The highest BCUT2D eigenvalue weighted by molar-refractivity contribution is 6.30. The number of aromatic amines is 1. The summed E-state index contributed by atoms with van der Waals surface area (Å²) in [4.78, 5) is 29.7. The lowest BCUT2D eigenvalue weighted by Crippen LogP contribution is -2.43. The monoisotopic (exact) mass is 422 g/mol. The van der Waals surface area contributed by atoms with Gasteiger partial charge in [0.25, 0.3) is 5.56 Å². The lowest BCUT2D eigenvalue weighted by atomic mass is 9.95. The number of nitrogens with one attached hydrogen (secondary N) is 2. The van der Waals surface area contributed by atoms with Gasteiger partial charge in [0.1, 0.15) is 5.56 Å². The molecule has 0 saturated carbocycles. The van der Waals surface area contributed by atoms with Gasteiger partial charge in [0.05, 0.1) is 11.7 Å². The molecule has 1 aliphatic heterocycles. The number of aromatic nitrogens is 3. The second-order valence-electron chi connectivity index (χ2n) is 7.40. The van der Waals surface area contributed by atoms with Crippen molar-refractivity contribution in [2.75, 3.05) is 6.54 Å². The average Bonchev–Trinajstić information content (AvgIpc) is 3.13. The maximum Gasteiger partial charge on any atom is 0.338 e. The van der Waals surface area contributed by atoms with E-state index >= 15 is 0 Å². The summed E-state index contributed by atoms with van der Waals surface area (Å²) in [6.45, 7) is 0.641. The average molecular weight is 423 g/mol. The van der Waals surface area contributed by atoms with Crippen LogP contribution in [0.25, 0.3) is 16.6 Å². The van der Waals surface area contributed by atoms with Crippen molar-refractivity contribution in [1.29, 1.82) is 0 Å². The zero-order valence-corrected chi connectivity index (χ0v) is 16.9. The Bertz CT molecular complexity index is 1400. The van der Waals surface area contributed by atoms with E-state index in [4.69, 9.17) is 11.6 Å². The normalized spacial score (nSPS) is 16.0. The van der Waals surface area contributed by atoms with Gasteiger partial charge in [-0.25, -0.2) is 9.36 Å². The minimum absolute atomic E-state index is 0.125. The SMILES string of the molecule is Cn1c(O)c([C@H]2NCCc3c2[nH]c2ccccc32)c(=O)n(-c2ccc(Cl)cc2)c1=O. The predicted octanol–water partition coefficient (Wildman–Crippen LogP) is 2.61. The van der Waals surface area contributed by atoms with Crippen molar-refractivity contribution < 1.29 is 5.11 Å². The first kappa shape index (κ1) is 18.7. The van der Waals surface area contributed by atoms with Crippen LogP contribution in [0.2, 0.25) is 5.02 Å². The number of halogens is 1. The van der Waals surface area contributed by atoms with Crippen LogP contribution in [0, 0.1) is 0 Å². The molecule has 5 rings (SSSR count). The minimum atomic E-state index is -0.628. The predicted molar refractivity (Wildman–Crippen MR) is 116 cm³/mol. The number of H-pyrrole nitrogens is 1. The zero-order chi connectivity index (χ0) is 21.0. The van der Waals surface area contributed by atoms with E-state index in [1.165, 1.54) is 7.05 Å². The molecule has 3 N–H and O–H groups in total. The first-order chi connectivity index (χ1) is 14.5. The van der Waals surface area contributed by atoms with Crippen LogP contribution < -0.4 is 16.6 Å². The number of benzene rings is 2. The fraction of sp³-hybridized carbons (Fsp3) is 0.182. The minimum Gasteiger partial charge on any atom is -0.494 e. The largest absolute Gasteiger partial charge is 0.494 e. The zero-order valence-electron chi connectivity index (χ0n) is 16.1. The first-order valence-electron chi connectivity index (χ1n) is 9.61. The number of para-hydroxylation sites is 1. The van der Waals surface area contributed by atoms with Gasteiger partial charge in [-0.1, -0.05) is 29.8 Å². The van der Waals surface area contributed by atoms with Gasteiger partial charge in [0.15, 0.2) is 0 Å². The van der Waals surface area contributed by atoms with Crippen molar-refractivity contribution in [3.63, 3.8) is 0 Å². The topological polar surface area (TPSA) is 92.0 Å². The maximum absolute atomic E-state index is 13.5. The lowest BCUT2D eigenvalue weighted by molar-refractivity contribution is 0.394. The second-order valence-corrected chi connectivity index (χ2v) is 7.83. The smallest absolute Gasteiger partial charge is 0.338 e. The van der Waals surface area contributed by atoms with Crippen LogP contribution in [0.4, 0.5) is 0 Å². The van der Waals surface area contributed by atoms with Gasteiger partial charge < -0.3 is 15.4 Å². The van der Waals surface area contributed by atoms with Crippen molar-refractivity contribution in [2.24, 2.45) is 7.05 Å². The third-order valence-electron chi connectivity index (χ3n) is 5.70. The molecular weight excluding hydrogens is 404 g/mol. The van der Waals surface area contributed by atoms with E-state index in [-0.39, 0.29) is 11.4 Å². The Balaban J connectivity index is 1.78. The lowest BCUT2D eigenvalue weighted by Gasteiger charge is -2.26. The molecule has 0 unspecified atom stereocenters. The highest BCUT2D eigenvalue weighted by atomic mass is 35.5. The molecule has 8 heteroatoms. The highest BCUT2D eigenvalue weighted by Gasteiger charge is 2.32. The summed E-state index contributed by atoms with van der Waals surface area (Å²) in [6.07, 6.45) is 0.799. The summed E-state index contributed by atoms with van der Waals surface area (Å²) >= 11 is 5.96. The Kier molecular flexibility index (Phi) is 4.30. The summed E-state index contributed by atoms with van der Waals surface area (Å²) in [7, 11) is 1.45. The summed E-state index contributed by atoms with van der Waals surface area (Å²) in [5.74, 6) is -0.348. The number of hydrogen-bond acceptors (Lipinski definition) is 4. The van der Waals surface area contributed by atoms with Gasteiger partial charge in [-0.3, -0.25) is 9.36 Å². The van der Waals surface area contributed by atoms with Crippen molar-refractivity contribution in [2.45, 2.75) is 12.5 Å². The van der Waals surface area contributed by atoms with E-state index in [0.717, 1.165) is 37.7 Å². The van der Waals surface area contributed by atoms with Gasteiger partial charge in [-0.15, -0.1) is 0 Å². The molecule has 7 nitrogen and oxygen atoms in total. The Hall–Kier alpha value is -3.29. The molecule has 0 saturated heterocycles. The Labute approximate surface area is 176 Å². The fourth-order valence-electron chi connectivity index (χ4n) is 4.22. The molecule has 30 heavy (non-hydrogen) atoms. The quantitative estimate of drug-likeness (QED) is 0.463. The summed E-state index contributed by atoms with van der Waals surface area (Å²) in [6, 6.07) is 13.8. The number of aromatic hydroxyl groups is 1. The molecule has 0 amide bonds. The number of nitrogens with zero attached hydrogens (tertiary/aromatic N) is 2. The van der Waals surface area contributed by atoms with Gasteiger partial charge >= 0.3 is 5.69 Å². The van der Waals surface area contributed by atoms with E-state index in [0.29, 0.717) is 17.3 Å². The molecule has 4 aromatic rings. The Morgan fingerprint density at radius 3 is 2.60 bits per heavy atom. The van der Waals surface area contributed by atoms with Crippen LogP contribution in [0.1, 0.15) is 22.9 Å². The third kappa shape index (κ3) is 2.70. The van der Waals surface area contributed by atoms with Crippen LogP contribution >= 0.6 is 11.6 Å². The van der Waals surface area contributed by atoms with Gasteiger partial charge in [-0.2, -0.15) is 0 Å². The first-order valence-corrected chi connectivity index (χ1v) is 9.99. The van der Waals surface area contributed by atoms with Gasteiger partial charge in [0, 0.05) is 35.2 Å². The molecule has 0 bridgehead atoms. The van der Waals surface area contributed by atoms with Gasteiger partial charge in [0.2, 0.25) is 5.88 Å². The van der Waals surface area contributed by atoms with Crippen molar-refractivity contribution >= 4 is 22.5 Å². The summed E-state index contributed by atoms with van der Waals surface area (Å²) in [5, 5.41) is 15.7. The van der Waals surface area contributed by atoms with Crippen LogP contribution in [0.3, 0.4) is 0 Å². The van der Waals surface area contributed by atoms with Crippen LogP contribution in [-0.4, -0.2) is 25.8 Å². The van der Waals surface area contributed by atoms with E-state index in [1.54, 1.807) is 24.3 Å². The maximum atomic E-state index is 13.5. The van der Waals surface area contributed by atoms with E-state index < -0.39 is 17.3 Å². The fourth-order valence-corrected chi connectivity index (χ4v) is 4.35.